The van der Waals surface area contributed by atoms with E-state index < -0.39 is 0 Å². The first-order valence-electron chi connectivity index (χ1n) is 5.40. The van der Waals surface area contributed by atoms with Crippen molar-refractivity contribution in [3.05, 3.63) is 68.9 Å². The van der Waals surface area contributed by atoms with Crippen LogP contribution >= 0.6 is 39.1 Å². The third-order valence-electron chi connectivity index (χ3n) is 2.61. The predicted octanol–water partition coefficient (Wildman–Crippen LogP) is 5.76. The average molecular weight is 348 g/mol. The summed E-state index contributed by atoms with van der Waals surface area (Å²) in [6.07, 6.45) is 0.614. The molecule has 2 aromatic rings. The van der Waals surface area contributed by atoms with Crippen LogP contribution in [0.5, 0.6) is 0 Å². The Morgan fingerprint density at radius 2 is 1.94 bits per heavy atom. The maximum Gasteiger partial charge on any atom is 0.137 e. The normalized spacial score (nSPS) is 12.4. The Bertz CT molecular complexity index is 557. The molecule has 0 aliphatic heterocycles. The van der Waals surface area contributed by atoms with E-state index in [0.717, 1.165) is 11.1 Å². The molecule has 2 rings (SSSR count). The van der Waals surface area contributed by atoms with Crippen LogP contribution in [0.15, 0.2) is 46.9 Å². The van der Waals surface area contributed by atoms with Crippen molar-refractivity contribution in [2.45, 2.75) is 11.8 Å². The van der Waals surface area contributed by atoms with Gasteiger partial charge in [0, 0.05) is 5.02 Å². The molecule has 0 aliphatic carbocycles. The summed E-state index contributed by atoms with van der Waals surface area (Å²) in [6, 6.07) is 12.4. The van der Waals surface area contributed by atoms with Crippen LogP contribution in [-0.2, 0) is 6.42 Å². The maximum absolute atomic E-state index is 13.4. The SMILES string of the molecule is Fc1cc(C(Cl)Cc2cccc(Cl)c2)ccc1Br. The zero-order chi connectivity index (χ0) is 13.1. The van der Waals surface area contributed by atoms with Gasteiger partial charge in [0.25, 0.3) is 0 Å². The second-order valence-corrected chi connectivity index (χ2v) is 5.79. The first kappa shape index (κ1) is 13.9. The lowest BCUT2D eigenvalue weighted by molar-refractivity contribution is 0.618. The minimum absolute atomic E-state index is 0.272. The molecule has 0 bridgehead atoms. The standard InChI is InChI=1S/C14H10BrCl2F/c15-12-5-4-10(8-14(12)18)13(17)7-9-2-1-3-11(16)6-9/h1-6,8,13H,7H2. The third kappa shape index (κ3) is 3.47. The number of alkyl halides is 1. The van der Waals surface area contributed by atoms with Crippen molar-refractivity contribution < 1.29 is 4.39 Å². The lowest BCUT2D eigenvalue weighted by atomic mass is 10.0. The highest BCUT2D eigenvalue weighted by Crippen LogP contribution is 2.28. The van der Waals surface area contributed by atoms with E-state index >= 15 is 0 Å². The Kier molecular flexibility index (Phi) is 4.66. The second-order valence-electron chi connectivity index (χ2n) is 3.98. The van der Waals surface area contributed by atoms with E-state index in [1.165, 1.54) is 6.07 Å². The van der Waals surface area contributed by atoms with Crippen molar-refractivity contribution in [2.24, 2.45) is 0 Å². The third-order valence-corrected chi connectivity index (χ3v) is 3.89. The van der Waals surface area contributed by atoms with Crippen LogP contribution in [0.3, 0.4) is 0 Å². The molecular formula is C14H10BrCl2F. The second kappa shape index (κ2) is 6.05. The van der Waals surface area contributed by atoms with Crippen LogP contribution in [0.25, 0.3) is 0 Å². The molecule has 1 unspecified atom stereocenters. The number of rotatable bonds is 3. The Labute approximate surface area is 124 Å². The van der Waals surface area contributed by atoms with Crippen LogP contribution in [-0.4, -0.2) is 0 Å². The van der Waals surface area contributed by atoms with E-state index in [9.17, 15) is 4.39 Å². The predicted molar refractivity (Wildman–Crippen MR) is 77.9 cm³/mol. The van der Waals surface area contributed by atoms with Gasteiger partial charge in [0.15, 0.2) is 0 Å². The molecule has 18 heavy (non-hydrogen) atoms. The van der Waals surface area contributed by atoms with Gasteiger partial charge in [0.1, 0.15) is 5.82 Å². The molecule has 94 valence electrons. The van der Waals surface area contributed by atoms with Crippen LogP contribution in [0, 0.1) is 5.82 Å². The average Bonchev–Trinajstić information content (AvgIpc) is 2.32. The highest BCUT2D eigenvalue weighted by atomic mass is 79.9. The molecule has 0 saturated heterocycles. The quantitative estimate of drug-likeness (QED) is 0.619. The molecule has 0 spiro atoms. The molecular weight excluding hydrogens is 338 g/mol. The number of hydrogen-bond acceptors (Lipinski definition) is 0. The van der Waals surface area contributed by atoms with E-state index in [1.54, 1.807) is 6.07 Å². The van der Waals surface area contributed by atoms with Crippen molar-refractivity contribution >= 4 is 39.1 Å². The fraction of sp³-hybridized carbons (Fsp3) is 0.143. The lowest BCUT2D eigenvalue weighted by Crippen LogP contribution is -1.97. The van der Waals surface area contributed by atoms with Gasteiger partial charge < -0.3 is 0 Å². The van der Waals surface area contributed by atoms with Crippen molar-refractivity contribution in [1.82, 2.24) is 0 Å². The van der Waals surface area contributed by atoms with Gasteiger partial charge in [-0.2, -0.15) is 0 Å². The molecule has 0 amide bonds. The van der Waals surface area contributed by atoms with Crippen molar-refractivity contribution in [1.29, 1.82) is 0 Å². The molecule has 2 aromatic carbocycles. The van der Waals surface area contributed by atoms with E-state index in [0.29, 0.717) is 15.9 Å². The van der Waals surface area contributed by atoms with Gasteiger partial charge in [-0.05, 0) is 57.7 Å². The minimum atomic E-state index is -0.302. The Hall–Kier alpha value is -0.570. The minimum Gasteiger partial charge on any atom is -0.206 e. The van der Waals surface area contributed by atoms with Gasteiger partial charge in [0.05, 0.1) is 9.85 Å². The van der Waals surface area contributed by atoms with Gasteiger partial charge in [-0.3, -0.25) is 0 Å². The summed E-state index contributed by atoms with van der Waals surface area (Å²) in [7, 11) is 0. The lowest BCUT2D eigenvalue weighted by Gasteiger charge is -2.11. The van der Waals surface area contributed by atoms with E-state index in [2.05, 4.69) is 15.9 Å². The van der Waals surface area contributed by atoms with E-state index in [4.69, 9.17) is 23.2 Å². The van der Waals surface area contributed by atoms with Gasteiger partial charge >= 0.3 is 0 Å². The molecule has 0 radical (unpaired) electrons. The van der Waals surface area contributed by atoms with Crippen molar-refractivity contribution in [3.8, 4) is 0 Å². The van der Waals surface area contributed by atoms with Gasteiger partial charge in [-0.15, -0.1) is 11.6 Å². The van der Waals surface area contributed by atoms with Crippen molar-refractivity contribution in [3.63, 3.8) is 0 Å². The fourth-order valence-electron chi connectivity index (χ4n) is 1.70. The molecule has 1 atom stereocenters. The summed E-state index contributed by atoms with van der Waals surface area (Å²) < 4.78 is 13.9. The molecule has 0 aliphatic rings. The molecule has 0 aromatic heterocycles. The van der Waals surface area contributed by atoms with Gasteiger partial charge in [0.2, 0.25) is 0 Å². The number of hydrogen-bond donors (Lipinski definition) is 0. The Morgan fingerprint density at radius 1 is 1.17 bits per heavy atom. The first-order chi connectivity index (χ1) is 8.56. The largest absolute Gasteiger partial charge is 0.206 e. The zero-order valence-electron chi connectivity index (χ0n) is 9.34. The molecule has 4 heteroatoms. The molecule has 0 N–H and O–H groups in total. The topological polar surface area (TPSA) is 0 Å². The molecule has 0 fully saturated rings. The van der Waals surface area contributed by atoms with E-state index in [1.807, 2.05) is 30.3 Å². The number of halogens is 4. The first-order valence-corrected chi connectivity index (χ1v) is 7.00. The maximum atomic E-state index is 13.4. The summed E-state index contributed by atoms with van der Waals surface area (Å²) in [4.78, 5) is 0. The monoisotopic (exact) mass is 346 g/mol. The zero-order valence-corrected chi connectivity index (χ0v) is 12.4. The van der Waals surface area contributed by atoms with E-state index in [-0.39, 0.29) is 11.2 Å². The highest BCUT2D eigenvalue weighted by Gasteiger charge is 2.11. The summed E-state index contributed by atoms with van der Waals surface area (Å²) >= 11 is 15.3. The van der Waals surface area contributed by atoms with Crippen LogP contribution in [0.1, 0.15) is 16.5 Å². The summed E-state index contributed by atoms with van der Waals surface area (Å²) in [5, 5.41) is 0.407. The van der Waals surface area contributed by atoms with Gasteiger partial charge in [-0.25, -0.2) is 4.39 Å². The van der Waals surface area contributed by atoms with Gasteiger partial charge in [-0.1, -0.05) is 29.8 Å². The molecule has 0 saturated carbocycles. The summed E-state index contributed by atoms with van der Waals surface area (Å²) in [5.74, 6) is -0.302. The van der Waals surface area contributed by atoms with Crippen LogP contribution in [0.4, 0.5) is 4.39 Å². The van der Waals surface area contributed by atoms with Crippen LogP contribution in [0.2, 0.25) is 5.02 Å². The number of benzene rings is 2. The van der Waals surface area contributed by atoms with Crippen LogP contribution < -0.4 is 0 Å². The Morgan fingerprint density at radius 3 is 2.61 bits per heavy atom. The highest BCUT2D eigenvalue weighted by molar-refractivity contribution is 9.10. The summed E-state index contributed by atoms with van der Waals surface area (Å²) in [6.45, 7) is 0. The summed E-state index contributed by atoms with van der Waals surface area (Å²) in [5.41, 5.74) is 1.79. The van der Waals surface area contributed by atoms with Crippen molar-refractivity contribution in [2.75, 3.05) is 0 Å². The fourth-order valence-corrected chi connectivity index (χ4v) is 2.47. The molecule has 0 nitrogen and oxygen atoms in total. The smallest absolute Gasteiger partial charge is 0.137 e. The molecule has 0 heterocycles. The Balaban J connectivity index is 2.16.